The second-order valence-corrected chi connectivity index (χ2v) is 13.4. The summed E-state index contributed by atoms with van der Waals surface area (Å²) >= 11 is 6.56. The molecular formula is C31H35ClF3N7O4S. The molecule has 1 fully saturated rings. The van der Waals surface area contributed by atoms with Gasteiger partial charge in [-0.25, -0.2) is 19.8 Å². The number of thiazole rings is 1. The zero-order chi connectivity index (χ0) is 34.4. The molecule has 252 valence electrons. The van der Waals surface area contributed by atoms with Crippen molar-refractivity contribution in [2.45, 2.75) is 64.8 Å². The maximum atomic E-state index is 13.2. The standard InChI is InChI=1S/C31H35ClF3N7O4S/c1-18(28-39-17-24(47-28)27(44)41-25-14-21(31(33,34)35)22(32)16-38-25)40-26(43)23-13-20(7-5-6-10-36-23)37-15-19-8-11-42(12-9-19)29(45)46-30(2,3)4/h5,10,13-14,16-19,37H,7-9,11-12,15H2,1-4H3,(H,40,43)(H,38,41,44)/b20-13+,36-23+. The number of aromatic nitrogens is 2. The Morgan fingerprint density at radius 1 is 1.15 bits per heavy atom. The summed E-state index contributed by atoms with van der Waals surface area (Å²) in [5, 5.41) is 8.35. The first kappa shape index (κ1) is 35.7. The highest BCUT2D eigenvalue weighted by molar-refractivity contribution is 7.13. The molecule has 0 radical (unpaired) electrons. The number of anilines is 1. The number of aliphatic imine (C=N–C) groups is 1. The van der Waals surface area contributed by atoms with Gasteiger partial charge in [-0.05, 0) is 64.7 Å². The largest absolute Gasteiger partial charge is 0.444 e. The van der Waals surface area contributed by atoms with Gasteiger partial charge in [-0.15, -0.1) is 17.1 Å². The molecule has 0 saturated carbocycles. The normalized spacial score (nSPS) is 18.6. The zero-order valence-corrected chi connectivity index (χ0v) is 27.8. The van der Waals surface area contributed by atoms with E-state index in [1.54, 1.807) is 24.0 Å². The van der Waals surface area contributed by atoms with E-state index >= 15 is 0 Å². The van der Waals surface area contributed by atoms with E-state index in [0.717, 1.165) is 36.1 Å². The van der Waals surface area contributed by atoms with E-state index in [0.29, 0.717) is 43.0 Å². The van der Waals surface area contributed by atoms with Crippen LogP contribution in [-0.2, 0) is 15.7 Å². The molecule has 2 aromatic heterocycles. The molecule has 11 nitrogen and oxygen atoms in total. The molecule has 3 N–H and O–H groups in total. The Morgan fingerprint density at radius 3 is 2.55 bits per heavy atom. The summed E-state index contributed by atoms with van der Waals surface area (Å²) < 4.78 is 45.0. The average Bonchev–Trinajstić information content (AvgIpc) is 3.47. The molecule has 1 unspecified atom stereocenters. The lowest BCUT2D eigenvalue weighted by Gasteiger charge is -2.33. The van der Waals surface area contributed by atoms with Gasteiger partial charge in [0.15, 0.2) is 0 Å². The van der Waals surface area contributed by atoms with Crippen molar-refractivity contribution < 1.29 is 32.3 Å². The fraction of sp³-hybridized carbons (Fsp3) is 0.452. The van der Waals surface area contributed by atoms with Gasteiger partial charge in [-0.3, -0.25) is 9.59 Å². The molecule has 2 aliphatic rings. The van der Waals surface area contributed by atoms with Crippen LogP contribution in [0.1, 0.15) is 73.2 Å². The van der Waals surface area contributed by atoms with Gasteiger partial charge in [0.2, 0.25) is 0 Å². The quantitative estimate of drug-likeness (QED) is 0.277. The molecule has 0 aliphatic carbocycles. The predicted molar refractivity (Wildman–Crippen MR) is 172 cm³/mol. The lowest BCUT2D eigenvalue weighted by atomic mass is 9.97. The van der Waals surface area contributed by atoms with E-state index in [4.69, 9.17) is 16.3 Å². The summed E-state index contributed by atoms with van der Waals surface area (Å²) in [5.74, 6) is -1.19. The number of halogens is 4. The lowest BCUT2D eigenvalue weighted by Crippen LogP contribution is -2.43. The lowest BCUT2D eigenvalue weighted by molar-refractivity contribution is -0.137. The molecule has 1 saturated heterocycles. The molecule has 0 spiro atoms. The van der Waals surface area contributed by atoms with Gasteiger partial charge in [-0.1, -0.05) is 11.6 Å². The van der Waals surface area contributed by atoms with Crippen LogP contribution in [0.2, 0.25) is 5.02 Å². The molecule has 3 amide bonds. The molecule has 0 bridgehead atoms. The van der Waals surface area contributed by atoms with Crippen LogP contribution in [0, 0.1) is 5.92 Å². The number of carbonyl (C=O) groups excluding carboxylic acids is 3. The third-order valence-electron chi connectivity index (χ3n) is 7.01. The van der Waals surface area contributed by atoms with Gasteiger partial charge in [0.05, 0.1) is 29.0 Å². The van der Waals surface area contributed by atoms with E-state index in [1.165, 1.54) is 12.4 Å². The third-order valence-corrected chi connectivity index (χ3v) is 8.49. The molecule has 47 heavy (non-hydrogen) atoms. The fourth-order valence-corrected chi connectivity index (χ4v) is 5.61. The second-order valence-electron chi connectivity index (χ2n) is 11.9. The maximum Gasteiger partial charge on any atom is 0.418 e. The molecule has 0 aromatic carbocycles. The van der Waals surface area contributed by atoms with E-state index in [-0.39, 0.29) is 22.5 Å². The Labute approximate surface area is 279 Å². The van der Waals surface area contributed by atoms with Gasteiger partial charge in [0.25, 0.3) is 11.8 Å². The number of hydrogen-bond acceptors (Lipinski definition) is 9. The predicted octanol–water partition coefficient (Wildman–Crippen LogP) is 6.27. The Kier molecular flexibility index (Phi) is 11.5. The summed E-state index contributed by atoms with van der Waals surface area (Å²) in [6.07, 6.45) is 4.06. The molecule has 2 aromatic rings. The molecule has 16 heteroatoms. The van der Waals surface area contributed by atoms with Gasteiger partial charge < -0.3 is 25.6 Å². The fourth-order valence-electron chi connectivity index (χ4n) is 4.59. The van der Waals surface area contributed by atoms with Crippen LogP contribution in [0.5, 0.6) is 0 Å². The van der Waals surface area contributed by atoms with Crippen molar-refractivity contribution in [1.29, 1.82) is 0 Å². The first-order chi connectivity index (χ1) is 22.1. The van der Waals surface area contributed by atoms with E-state index in [9.17, 15) is 27.6 Å². The summed E-state index contributed by atoms with van der Waals surface area (Å²) in [5.41, 5.74) is 2.18. The van der Waals surface area contributed by atoms with Crippen molar-refractivity contribution in [3.8, 4) is 0 Å². The number of nitrogens with one attached hydrogen (secondary N) is 3. The summed E-state index contributed by atoms with van der Waals surface area (Å²) in [4.78, 5) is 52.2. The number of piperidine rings is 1. The van der Waals surface area contributed by atoms with Crippen LogP contribution in [0.3, 0.4) is 0 Å². The van der Waals surface area contributed by atoms with E-state index in [2.05, 4.69) is 36.6 Å². The number of nitrogens with zero attached hydrogens (tertiary/aromatic N) is 4. The highest BCUT2D eigenvalue weighted by Gasteiger charge is 2.34. The van der Waals surface area contributed by atoms with Crippen molar-refractivity contribution in [1.82, 2.24) is 25.5 Å². The molecule has 4 heterocycles. The number of carbonyl (C=O) groups is 3. The third kappa shape index (κ3) is 10.4. The van der Waals surface area contributed by atoms with Crippen LogP contribution in [0.4, 0.5) is 23.8 Å². The average molecular weight is 694 g/mol. The Balaban J connectivity index is 1.32. The molecule has 1 atom stereocenters. The number of hydrogen-bond donors (Lipinski definition) is 3. The van der Waals surface area contributed by atoms with Crippen LogP contribution < -0.4 is 16.0 Å². The highest BCUT2D eigenvalue weighted by atomic mass is 35.5. The number of alkyl halides is 3. The highest BCUT2D eigenvalue weighted by Crippen LogP contribution is 2.35. The smallest absolute Gasteiger partial charge is 0.418 e. The van der Waals surface area contributed by atoms with Gasteiger partial charge >= 0.3 is 12.3 Å². The minimum Gasteiger partial charge on any atom is -0.444 e. The summed E-state index contributed by atoms with van der Waals surface area (Å²) in [6.45, 7) is 9.07. The Morgan fingerprint density at radius 2 is 1.87 bits per heavy atom. The SMILES string of the molecule is CC(NC(=O)C1=N/C=C=CC/C(NCC2CCN(C(=O)OC(C)(C)C)CC2)=C\1)c1ncc(C(=O)Nc2cc(C(F)(F)F)c(Cl)cn2)s1. The molecule has 2 aliphatic heterocycles. The Hall–Kier alpha value is -4.20. The van der Waals surface area contributed by atoms with Crippen molar-refractivity contribution in [3.63, 3.8) is 0 Å². The Bertz CT molecular complexity index is 1620. The first-order valence-corrected chi connectivity index (χ1v) is 16.0. The number of pyridine rings is 1. The van der Waals surface area contributed by atoms with Crippen molar-refractivity contribution in [3.05, 3.63) is 68.7 Å². The van der Waals surface area contributed by atoms with Gasteiger partial charge in [0.1, 0.15) is 27.0 Å². The second kappa shape index (κ2) is 15.1. The minimum absolute atomic E-state index is 0.103. The topological polar surface area (TPSA) is 138 Å². The number of likely N-dealkylation sites (tertiary alicyclic amines) is 1. The zero-order valence-electron chi connectivity index (χ0n) is 26.2. The van der Waals surface area contributed by atoms with Crippen LogP contribution in [-0.4, -0.2) is 63.7 Å². The van der Waals surface area contributed by atoms with Gasteiger partial charge in [0, 0.05) is 37.9 Å². The number of amides is 3. The maximum absolute atomic E-state index is 13.2. The molecular weight excluding hydrogens is 659 g/mol. The van der Waals surface area contributed by atoms with Crippen LogP contribution in [0.25, 0.3) is 0 Å². The van der Waals surface area contributed by atoms with E-state index < -0.39 is 40.2 Å². The van der Waals surface area contributed by atoms with Crippen molar-refractivity contribution in [2.75, 3.05) is 25.0 Å². The monoisotopic (exact) mass is 693 g/mol. The number of allylic oxidation sites excluding steroid dienone is 1. The van der Waals surface area contributed by atoms with Crippen LogP contribution in [0.15, 0.2) is 53.2 Å². The number of rotatable bonds is 8. The minimum atomic E-state index is -4.72. The van der Waals surface area contributed by atoms with Crippen molar-refractivity contribution >= 4 is 52.4 Å². The van der Waals surface area contributed by atoms with Crippen LogP contribution >= 0.6 is 22.9 Å². The summed E-state index contributed by atoms with van der Waals surface area (Å²) in [6, 6.07) is 0.0308. The van der Waals surface area contributed by atoms with E-state index in [1.807, 2.05) is 20.8 Å². The first-order valence-electron chi connectivity index (χ1n) is 14.8. The summed E-state index contributed by atoms with van der Waals surface area (Å²) in [7, 11) is 0. The molecule has 4 rings (SSSR count). The van der Waals surface area contributed by atoms with Crippen molar-refractivity contribution in [2.24, 2.45) is 10.9 Å². The number of ether oxygens (including phenoxy) is 1. The van der Waals surface area contributed by atoms with Gasteiger partial charge in [-0.2, -0.15) is 13.2 Å².